The van der Waals surface area contributed by atoms with Crippen LogP contribution in [0.3, 0.4) is 0 Å². The van der Waals surface area contributed by atoms with E-state index in [1.54, 1.807) is 30.2 Å². The van der Waals surface area contributed by atoms with Gasteiger partial charge in [-0.25, -0.2) is 4.98 Å². The number of likely N-dealkylation sites (tertiary alicyclic amines) is 1. The van der Waals surface area contributed by atoms with Crippen LogP contribution in [-0.2, 0) is 16.1 Å². The number of anilines is 1. The minimum absolute atomic E-state index is 0.0125. The number of piperidine rings is 1. The molecule has 2 aromatic carbocycles. The molecule has 5 rings (SSSR count). The van der Waals surface area contributed by atoms with E-state index in [1.807, 2.05) is 33.7 Å². The van der Waals surface area contributed by atoms with Crippen LogP contribution in [-0.4, -0.2) is 53.0 Å². The summed E-state index contributed by atoms with van der Waals surface area (Å²) in [4.78, 5) is 34.7. The van der Waals surface area contributed by atoms with Crippen molar-refractivity contribution < 1.29 is 14.3 Å². The van der Waals surface area contributed by atoms with Gasteiger partial charge in [-0.2, -0.15) is 0 Å². The lowest BCUT2D eigenvalue weighted by molar-refractivity contribution is -0.132. The number of para-hydroxylation sites is 2. The van der Waals surface area contributed by atoms with Crippen LogP contribution in [0.5, 0.6) is 5.75 Å². The lowest BCUT2D eigenvalue weighted by Crippen LogP contribution is -2.38. The number of hydrogen-bond donors (Lipinski definition) is 0. The molecule has 0 N–H and O–H groups in total. The molecule has 0 bridgehead atoms. The zero-order valence-electron chi connectivity index (χ0n) is 18.7. The standard InChI is InChI=1S/C25H27ClN4O3/c1-33-22-10-9-18(26)14-21(22)29-15-17(13-23(29)31)25-27-19-7-3-4-8-20(19)30(25)16-24(32)28-11-5-2-6-12-28/h3-4,7-10,14,17H,2,5-6,11-13,15-16H2,1H3/t17-/m0/s1. The van der Waals surface area contributed by atoms with Crippen LogP contribution in [0.25, 0.3) is 11.0 Å². The predicted octanol–water partition coefficient (Wildman–Crippen LogP) is 4.23. The lowest BCUT2D eigenvalue weighted by Gasteiger charge is -2.27. The summed E-state index contributed by atoms with van der Waals surface area (Å²) in [6.07, 6.45) is 3.60. The topological polar surface area (TPSA) is 67.7 Å². The molecule has 0 unspecified atom stereocenters. The minimum atomic E-state index is -0.136. The summed E-state index contributed by atoms with van der Waals surface area (Å²) in [6.45, 7) is 2.31. The smallest absolute Gasteiger partial charge is 0.242 e. The highest BCUT2D eigenvalue weighted by atomic mass is 35.5. The highest BCUT2D eigenvalue weighted by Crippen LogP contribution is 2.38. The summed E-state index contributed by atoms with van der Waals surface area (Å²) in [7, 11) is 1.58. The molecule has 2 fully saturated rings. The van der Waals surface area contributed by atoms with Crippen molar-refractivity contribution in [3.8, 4) is 5.75 Å². The Hall–Kier alpha value is -3.06. The van der Waals surface area contributed by atoms with E-state index in [2.05, 4.69) is 0 Å². The largest absolute Gasteiger partial charge is 0.495 e. The summed E-state index contributed by atoms with van der Waals surface area (Å²) in [5, 5.41) is 0.543. The molecule has 2 aliphatic heterocycles. The van der Waals surface area contributed by atoms with Crippen LogP contribution < -0.4 is 9.64 Å². The van der Waals surface area contributed by atoms with E-state index >= 15 is 0 Å². The Morgan fingerprint density at radius 1 is 1.15 bits per heavy atom. The number of hydrogen-bond acceptors (Lipinski definition) is 4. The van der Waals surface area contributed by atoms with E-state index < -0.39 is 0 Å². The molecule has 0 aliphatic carbocycles. The second-order valence-corrected chi connectivity index (χ2v) is 9.14. The van der Waals surface area contributed by atoms with Crippen LogP contribution >= 0.6 is 11.6 Å². The number of benzene rings is 2. The van der Waals surface area contributed by atoms with Crippen molar-refractivity contribution in [2.45, 2.75) is 38.1 Å². The molecule has 2 aliphatic rings. The maximum Gasteiger partial charge on any atom is 0.242 e. The van der Waals surface area contributed by atoms with E-state index in [-0.39, 0.29) is 24.3 Å². The number of carbonyl (C=O) groups excluding carboxylic acids is 2. The van der Waals surface area contributed by atoms with Gasteiger partial charge in [-0.3, -0.25) is 9.59 Å². The molecular weight excluding hydrogens is 440 g/mol. The fourth-order valence-electron chi connectivity index (χ4n) is 4.94. The Bertz CT molecular complexity index is 1200. The molecule has 7 nitrogen and oxygen atoms in total. The first kappa shape index (κ1) is 21.8. The molecule has 2 saturated heterocycles. The number of carbonyl (C=O) groups is 2. The number of rotatable bonds is 5. The predicted molar refractivity (Wildman–Crippen MR) is 128 cm³/mol. The van der Waals surface area contributed by atoms with Gasteiger partial charge in [0.15, 0.2) is 0 Å². The van der Waals surface area contributed by atoms with E-state index in [4.69, 9.17) is 21.3 Å². The third kappa shape index (κ3) is 4.17. The highest BCUT2D eigenvalue weighted by Gasteiger charge is 2.36. The van der Waals surface area contributed by atoms with Gasteiger partial charge in [-0.1, -0.05) is 23.7 Å². The first-order valence-corrected chi connectivity index (χ1v) is 11.8. The summed E-state index contributed by atoms with van der Waals surface area (Å²) < 4.78 is 7.47. The molecule has 0 spiro atoms. The molecule has 0 radical (unpaired) electrons. The summed E-state index contributed by atoms with van der Waals surface area (Å²) in [6, 6.07) is 13.1. The Morgan fingerprint density at radius 2 is 1.94 bits per heavy atom. The van der Waals surface area contributed by atoms with Crippen LogP contribution in [0.15, 0.2) is 42.5 Å². The number of aromatic nitrogens is 2. The third-order valence-corrected chi connectivity index (χ3v) is 6.84. The van der Waals surface area contributed by atoms with E-state index in [1.165, 1.54) is 6.42 Å². The number of amides is 2. The van der Waals surface area contributed by atoms with Gasteiger partial charge < -0.3 is 19.1 Å². The van der Waals surface area contributed by atoms with Crippen molar-refractivity contribution in [2.24, 2.45) is 0 Å². The van der Waals surface area contributed by atoms with Crippen LogP contribution in [0.2, 0.25) is 5.02 Å². The molecule has 2 amide bonds. The van der Waals surface area contributed by atoms with Gasteiger partial charge in [0.25, 0.3) is 0 Å². The van der Waals surface area contributed by atoms with Gasteiger partial charge in [0.2, 0.25) is 11.8 Å². The second kappa shape index (κ2) is 9.06. The van der Waals surface area contributed by atoms with Crippen molar-refractivity contribution in [1.82, 2.24) is 14.5 Å². The number of imidazole rings is 1. The summed E-state index contributed by atoms with van der Waals surface area (Å²) >= 11 is 6.21. The molecule has 1 atom stereocenters. The SMILES string of the molecule is COc1ccc(Cl)cc1N1C[C@@H](c2nc3ccccc3n2CC(=O)N2CCCCC2)CC1=O. The van der Waals surface area contributed by atoms with Crippen molar-refractivity contribution in [1.29, 1.82) is 0 Å². The Morgan fingerprint density at radius 3 is 2.73 bits per heavy atom. The minimum Gasteiger partial charge on any atom is -0.495 e. The first-order valence-electron chi connectivity index (χ1n) is 11.4. The van der Waals surface area contributed by atoms with Crippen molar-refractivity contribution >= 4 is 40.1 Å². The van der Waals surface area contributed by atoms with Gasteiger partial charge >= 0.3 is 0 Å². The molecule has 3 aromatic rings. The average Bonchev–Trinajstić information content (AvgIpc) is 3.40. The number of fused-ring (bicyclic) bond motifs is 1. The molecule has 3 heterocycles. The van der Waals surface area contributed by atoms with Crippen molar-refractivity contribution in [3.63, 3.8) is 0 Å². The van der Waals surface area contributed by atoms with Crippen molar-refractivity contribution in [2.75, 3.05) is 31.6 Å². The van der Waals surface area contributed by atoms with E-state index in [0.717, 1.165) is 42.8 Å². The van der Waals surface area contributed by atoms with Gasteiger partial charge in [-0.05, 0) is 49.6 Å². The number of ether oxygens (including phenoxy) is 1. The van der Waals surface area contributed by atoms with Crippen LogP contribution in [0, 0.1) is 0 Å². The third-order valence-electron chi connectivity index (χ3n) is 6.61. The van der Waals surface area contributed by atoms with Crippen LogP contribution in [0.1, 0.15) is 37.4 Å². The van der Waals surface area contributed by atoms with Gasteiger partial charge in [0, 0.05) is 37.0 Å². The summed E-state index contributed by atoms with van der Waals surface area (Å²) in [5.41, 5.74) is 2.42. The van der Waals surface area contributed by atoms with Crippen molar-refractivity contribution in [3.05, 3.63) is 53.3 Å². The van der Waals surface area contributed by atoms with E-state index in [0.29, 0.717) is 29.4 Å². The van der Waals surface area contributed by atoms with Crippen LogP contribution in [0.4, 0.5) is 5.69 Å². The molecule has 172 valence electrons. The molecule has 33 heavy (non-hydrogen) atoms. The summed E-state index contributed by atoms with van der Waals surface area (Å²) in [5.74, 6) is 1.33. The zero-order chi connectivity index (χ0) is 22.9. The van der Waals surface area contributed by atoms with Gasteiger partial charge in [-0.15, -0.1) is 0 Å². The molecule has 8 heteroatoms. The Labute approximate surface area is 197 Å². The fourth-order valence-corrected chi connectivity index (χ4v) is 5.10. The van der Waals surface area contributed by atoms with E-state index in [9.17, 15) is 9.59 Å². The number of halogens is 1. The lowest BCUT2D eigenvalue weighted by atomic mass is 10.1. The fraction of sp³-hybridized carbons (Fsp3) is 0.400. The monoisotopic (exact) mass is 466 g/mol. The molecule has 0 saturated carbocycles. The molecule has 1 aromatic heterocycles. The number of methoxy groups -OCH3 is 1. The Balaban J connectivity index is 1.47. The van der Waals surface area contributed by atoms with Gasteiger partial charge in [0.1, 0.15) is 18.1 Å². The maximum absolute atomic E-state index is 13.1. The number of nitrogens with zero attached hydrogens (tertiary/aromatic N) is 4. The highest BCUT2D eigenvalue weighted by molar-refractivity contribution is 6.31. The average molecular weight is 467 g/mol. The quantitative estimate of drug-likeness (QED) is 0.564. The Kier molecular flexibility index (Phi) is 5.98. The second-order valence-electron chi connectivity index (χ2n) is 8.71. The first-order chi connectivity index (χ1) is 16.0. The normalized spacial score (nSPS) is 18.8. The maximum atomic E-state index is 13.1. The van der Waals surface area contributed by atoms with Gasteiger partial charge in [0.05, 0.1) is 23.8 Å². The molecular formula is C25H27ClN4O3. The zero-order valence-corrected chi connectivity index (χ0v) is 19.4.